The van der Waals surface area contributed by atoms with Gasteiger partial charge in [-0.25, -0.2) is 13.6 Å². The molecule has 0 fully saturated rings. The van der Waals surface area contributed by atoms with E-state index in [9.17, 15) is 18.4 Å². The van der Waals surface area contributed by atoms with Crippen LogP contribution in [0.15, 0.2) is 58.1 Å². The van der Waals surface area contributed by atoms with E-state index in [1.165, 1.54) is 41.0 Å². The quantitative estimate of drug-likeness (QED) is 0.508. The summed E-state index contributed by atoms with van der Waals surface area (Å²) >= 11 is 0. The second kappa shape index (κ2) is 7.70. The molecule has 0 aliphatic heterocycles. The van der Waals surface area contributed by atoms with Crippen molar-refractivity contribution in [2.75, 3.05) is 0 Å². The Balaban J connectivity index is 1.95. The van der Waals surface area contributed by atoms with E-state index in [2.05, 4.69) is 5.10 Å². The molecule has 0 aliphatic carbocycles. The summed E-state index contributed by atoms with van der Waals surface area (Å²) in [4.78, 5) is 26.6. The van der Waals surface area contributed by atoms with E-state index < -0.39 is 17.1 Å². The molecule has 0 atom stereocenters. The van der Waals surface area contributed by atoms with Gasteiger partial charge in [-0.05, 0) is 49.2 Å². The molecule has 30 heavy (non-hydrogen) atoms. The van der Waals surface area contributed by atoms with Gasteiger partial charge in [-0.15, -0.1) is 0 Å². The minimum absolute atomic E-state index is 0.00520. The Hall–Kier alpha value is -3.55. The summed E-state index contributed by atoms with van der Waals surface area (Å²) in [5, 5.41) is 4.42. The molecular weight excluding hydrogens is 390 g/mol. The molecule has 2 aromatic heterocycles. The lowest BCUT2D eigenvalue weighted by Gasteiger charge is -2.13. The van der Waals surface area contributed by atoms with Crippen LogP contribution in [0.25, 0.3) is 11.0 Å². The molecule has 8 heteroatoms. The van der Waals surface area contributed by atoms with Crippen LogP contribution in [0.3, 0.4) is 0 Å². The van der Waals surface area contributed by atoms with Crippen LogP contribution in [0.5, 0.6) is 0 Å². The van der Waals surface area contributed by atoms with Crippen LogP contribution in [0.2, 0.25) is 0 Å². The zero-order chi connectivity index (χ0) is 21.4. The molecule has 0 amide bonds. The Kier molecular flexibility index (Phi) is 5.07. The lowest BCUT2D eigenvalue weighted by molar-refractivity contribution is 0.613. The maximum Gasteiger partial charge on any atom is 0.332 e. The molecule has 0 unspecified atom stereocenters. The number of halogens is 2. The number of benzene rings is 2. The van der Waals surface area contributed by atoms with E-state index in [1.54, 1.807) is 23.7 Å². The summed E-state index contributed by atoms with van der Waals surface area (Å²) in [6.45, 7) is 4.25. The van der Waals surface area contributed by atoms with Crippen molar-refractivity contribution in [2.24, 2.45) is 0 Å². The first-order chi connectivity index (χ1) is 14.4. The molecule has 4 aromatic rings. The summed E-state index contributed by atoms with van der Waals surface area (Å²) < 4.78 is 30.8. The standard InChI is InChI=1S/C22H20F2N4O2/c1-3-28-20-19(14(2)25-28)26(12-15-4-8-17(23)9-5-15)22(30)27(21(20)29)13-16-6-10-18(24)11-7-16/h4-11H,3,12-13H2,1-2H3. The Morgan fingerprint density at radius 3 is 1.80 bits per heavy atom. The average molecular weight is 410 g/mol. The first kappa shape index (κ1) is 19.8. The SMILES string of the molecule is CCn1nc(C)c2c1c(=O)n(Cc1ccc(F)cc1)c(=O)n2Cc1ccc(F)cc1. The third-order valence-electron chi connectivity index (χ3n) is 5.08. The molecule has 2 aromatic carbocycles. The van der Waals surface area contributed by atoms with Crippen molar-refractivity contribution in [1.29, 1.82) is 0 Å². The highest BCUT2D eigenvalue weighted by Crippen LogP contribution is 2.16. The predicted molar refractivity (Wildman–Crippen MR) is 110 cm³/mol. The number of aromatic nitrogens is 4. The third-order valence-corrected chi connectivity index (χ3v) is 5.08. The van der Waals surface area contributed by atoms with E-state index >= 15 is 0 Å². The van der Waals surface area contributed by atoms with Gasteiger partial charge < -0.3 is 0 Å². The number of fused-ring (bicyclic) bond motifs is 1. The van der Waals surface area contributed by atoms with Gasteiger partial charge in [0.1, 0.15) is 11.6 Å². The van der Waals surface area contributed by atoms with Gasteiger partial charge >= 0.3 is 5.69 Å². The molecule has 154 valence electrons. The van der Waals surface area contributed by atoms with Crippen LogP contribution in [0.1, 0.15) is 23.7 Å². The van der Waals surface area contributed by atoms with Gasteiger partial charge in [-0.2, -0.15) is 5.10 Å². The van der Waals surface area contributed by atoms with E-state index in [-0.39, 0.29) is 18.9 Å². The van der Waals surface area contributed by atoms with Crippen LogP contribution in [-0.4, -0.2) is 18.9 Å². The zero-order valence-corrected chi connectivity index (χ0v) is 16.6. The number of aryl methyl sites for hydroxylation is 2. The van der Waals surface area contributed by atoms with Crippen LogP contribution >= 0.6 is 0 Å². The normalized spacial score (nSPS) is 11.3. The largest absolute Gasteiger partial charge is 0.332 e. The Morgan fingerprint density at radius 2 is 1.30 bits per heavy atom. The Labute approximate surface area is 170 Å². The molecule has 0 radical (unpaired) electrons. The molecule has 0 saturated heterocycles. The van der Waals surface area contributed by atoms with Crippen molar-refractivity contribution in [2.45, 2.75) is 33.5 Å². The van der Waals surface area contributed by atoms with E-state index in [1.807, 2.05) is 6.92 Å². The fourth-order valence-electron chi connectivity index (χ4n) is 3.62. The maximum absolute atomic E-state index is 13.3. The molecule has 0 aliphatic rings. The minimum atomic E-state index is -0.500. The van der Waals surface area contributed by atoms with Crippen LogP contribution in [0, 0.1) is 18.6 Å². The van der Waals surface area contributed by atoms with Crippen molar-refractivity contribution >= 4 is 11.0 Å². The third kappa shape index (κ3) is 3.45. The fraction of sp³-hybridized carbons (Fsp3) is 0.227. The summed E-state index contributed by atoms with van der Waals surface area (Å²) in [6, 6.07) is 11.5. The van der Waals surface area contributed by atoms with Gasteiger partial charge in [0, 0.05) is 6.54 Å². The van der Waals surface area contributed by atoms with Gasteiger partial charge in [0.2, 0.25) is 0 Å². The molecule has 0 spiro atoms. The summed E-state index contributed by atoms with van der Waals surface area (Å²) in [5.41, 5.74) is 1.76. The fourth-order valence-corrected chi connectivity index (χ4v) is 3.62. The average Bonchev–Trinajstić information content (AvgIpc) is 3.07. The topological polar surface area (TPSA) is 61.8 Å². The molecule has 0 saturated carbocycles. The monoisotopic (exact) mass is 410 g/mol. The number of rotatable bonds is 5. The highest BCUT2D eigenvalue weighted by molar-refractivity contribution is 5.77. The summed E-state index contributed by atoms with van der Waals surface area (Å²) in [5.74, 6) is -0.762. The van der Waals surface area contributed by atoms with Gasteiger partial charge in [0.05, 0.1) is 24.3 Å². The van der Waals surface area contributed by atoms with Gasteiger partial charge in [-0.1, -0.05) is 24.3 Å². The molecule has 2 heterocycles. The first-order valence-corrected chi connectivity index (χ1v) is 9.58. The molecule has 0 bridgehead atoms. The molecular formula is C22H20F2N4O2. The van der Waals surface area contributed by atoms with Crippen molar-refractivity contribution in [1.82, 2.24) is 18.9 Å². The van der Waals surface area contributed by atoms with Gasteiger partial charge in [-0.3, -0.25) is 18.6 Å². The minimum Gasteiger partial charge on any atom is -0.285 e. The highest BCUT2D eigenvalue weighted by atomic mass is 19.1. The molecule has 6 nitrogen and oxygen atoms in total. The number of hydrogen-bond acceptors (Lipinski definition) is 3. The molecule has 4 rings (SSSR count). The van der Waals surface area contributed by atoms with Crippen molar-refractivity contribution < 1.29 is 8.78 Å². The van der Waals surface area contributed by atoms with Crippen LogP contribution in [0.4, 0.5) is 8.78 Å². The Morgan fingerprint density at radius 1 is 0.800 bits per heavy atom. The molecule has 0 N–H and O–H groups in total. The van der Waals surface area contributed by atoms with Crippen molar-refractivity contribution in [3.05, 3.63) is 97.8 Å². The van der Waals surface area contributed by atoms with Crippen molar-refractivity contribution in [3.8, 4) is 0 Å². The lowest BCUT2D eigenvalue weighted by atomic mass is 10.2. The van der Waals surface area contributed by atoms with Gasteiger partial charge in [0.25, 0.3) is 5.56 Å². The van der Waals surface area contributed by atoms with E-state index in [0.717, 1.165) is 10.1 Å². The van der Waals surface area contributed by atoms with Crippen molar-refractivity contribution in [3.63, 3.8) is 0 Å². The number of nitrogens with zero attached hydrogens (tertiary/aromatic N) is 4. The number of hydrogen-bond donors (Lipinski definition) is 0. The lowest BCUT2D eigenvalue weighted by Crippen LogP contribution is -2.41. The predicted octanol–water partition coefficient (Wildman–Crippen LogP) is 3.06. The second-order valence-corrected chi connectivity index (χ2v) is 7.11. The van der Waals surface area contributed by atoms with Crippen LogP contribution < -0.4 is 11.2 Å². The Bertz CT molecular complexity index is 1330. The van der Waals surface area contributed by atoms with Crippen LogP contribution in [-0.2, 0) is 19.6 Å². The zero-order valence-electron chi connectivity index (χ0n) is 16.6. The summed E-state index contributed by atoms with van der Waals surface area (Å²) in [7, 11) is 0. The summed E-state index contributed by atoms with van der Waals surface area (Å²) in [6.07, 6.45) is 0. The maximum atomic E-state index is 13.3. The highest BCUT2D eigenvalue weighted by Gasteiger charge is 2.20. The second-order valence-electron chi connectivity index (χ2n) is 7.11. The van der Waals surface area contributed by atoms with E-state index in [4.69, 9.17) is 0 Å². The first-order valence-electron chi connectivity index (χ1n) is 9.58. The smallest absolute Gasteiger partial charge is 0.285 e. The van der Waals surface area contributed by atoms with Gasteiger partial charge in [0.15, 0.2) is 5.52 Å². The van der Waals surface area contributed by atoms with E-state index in [0.29, 0.717) is 28.8 Å².